The number of aryl methyl sites for hydroxylation is 1. The molecule has 2 N–H and O–H groups in total. The third kappa shape index (κ3) is 4.35. The first-order valence-electron chi connectivity index (χ1n) is 7.06. The Hall–Kier alpha value is -2.53. The fourth-order valence-electron chi connectivity index (χ4n) is 2.11. The van der Waals surface area contributed by atoms with Crippen molar-refractivity contribution in [1.29, 1.82) is 0 Å². The van der Waals surface area contributed by atoms with E-state index in [1.165, 1.54) is 13.0 Å². The fourth-order valence-corrected chi connectivity index (χ4v) is 3.72. The number of hydrogen-bond donors (Lipinski definition) is 2. The molecule has 0 spiro atoms. The predicted octanol–water partition coefficient (Wildman–Crippen LogP) is 3.56. The van der Waals surface area contributed by atoms with Gasteiger partial charge in [-0.05, 0) is 46.6 Å². The highest BCUT2D eigenvalue weighted by Crippen LogP contribution is 2.30. The lowest BCUT2D eigenvalue weighted by Gasteiger charge is -2.14. The smallest absolute Gasteiger partial charge is 0.271 e. The van der Waals surface area contributed by atoms with Crippen molar-refractivity contribution in [3.05, 3.63) is 56.3 Å². The van der Waals surface area contributed by atoms with Gasteiger partial charge in [0.15, 0.2) is 0 Å². The zero-order valence-corrected chi connectivity index (χ0v) is 15.9. The summed E-state index contributed by atoms with van der Waals surface area (Å²) in [6.07, 6.45) is 0. The molecule has 8 nitrogen and oxygen atoms in total. The number of nitro groups is 1. The molecule has 1 amide bonds. The van der Waals surface area contributed by atoms with Crippen LogP contribution in [0.2, 0.25) is 0 Å². The second kappa shape index (κ2) is 7.38. The van der Waals surface area contributed by atoms with Gasteiger partial charge in [0.1, 0.15) is 10.7 Å². The number of halogens is 2. The van der Waals surface area contributed by atoms with E-state index >= 15 is 0 Å². The number of amides is 1. The van der Waals surface area contributed by atoms with Crippen LogP contribution in [0, 0.1) is 22.9 Å². The number of carbonyl (C=O) groups excluding carboxylic acids is 1. The number of nitro benzene ring substituents is 1. The number of non-ortho nitro benzene ring substituents is 1. The fraction of sp³-hybridized carbons (Fsp3) is 0.133. The zero-order chi connectivity index (χ0) is 19.6. The molecule has 26 heavy (non-hydrogen) atoms. The second-order valence-electron chi connectivity index (χ2n) is 5.31. The molecule has 2 aromatic carbocycles. The van der Waals surface area contributed by atoms with Crippen molar-refractivity contribution >= 4 is 48.9 Å². The van der Waals surface area contributed by atoms with E-state index in [4.69, 9.17) is 0 Å². The Bertz CT molecular complexity index is 1010. The molecule has 0 heterocycles. The molecule has 0 aliphatic heterocycles. The molecule has 0 atom stereocenters. The van der Waals surface area contributed by atoms with E-state index in [2.05, 4.69) is 26.0 Å². The standard InChI is InChI=1S/C15H13BrFN3O5S/c1-8-5-12(17)11(16)7-13(8)19-26(24,25)15-4-3-10(20(22)23)6-14(15)18-9(2)21/h3-7,19H,1-2H3,(H,18,21). The minimum absolute atomic E-state index is 0.0617. The summed E-state index contributed by atoms with van der Waals surface area (Å²) >= 11 is 2.97. The Labute approximate surface area is 156 Å². The summed E-state index contributed by atoms with van der Waals surface area (Å²) in [6, 6.07) is 5.37. The Morgan fingerprint density at radius 3 is 2.46 bits per heavy atom. The third-order valence-electron chi connectivity index (χ3n) is 3.29. The van der Waals surface area contributed by atoms with Crippen LogP contribution in [-0.2, 0) is 14.8 Å². The second-order valence-corrected chi connectivity index (χ2v) is 7.81. The Morgan fingerprint density at radius 2 is 1.88 bits per heavy atom. The van der Waals surface area contributed by atoms with E-state index < -0.39 is 26.7 Å². The van der Waals surface area contributed by atoms with Crippen LogP contribution in [0.1, 0.15) is 12.5 Å². The summed E-state index contributed by atoms with van der Waals surface area (Å²) in [4.78, 5) is 21.1. The largest absolute Gasteiger partial charge is 0.325 e. The van der Waals surface area contributed by atoms with Crippen molar-refractivity contribution in [2.24, 2.45) is 0 Å². The lowest BCUT2D eigenvalue weighted by molar-refractivity contribution is -0.384. The topological polar surface area (TPSA) is 118 Å². The van der Waals surface area contributed by atoms with Gasteiger partial charge in [-0.3, -0.25) is 19.6 Å². The number of hydrogen-bond acceptors (Lipinski definition) is 5. The number of sulfonamides is 1. The highest BCUT2D eigenvalue weighted by atomic mass is 79.9. The van der Waals surface area contributed by atoms with Gasteiger partial charge in [0, 0.05) is 19.1 Å². The monoisotopic (exact) mass is 445 g/mol. The lowest BCUT2D eigenvalue weighted by atomic mass is 10.2. The first kappa shape index (κ1) is 19.8. The Balaban J connectivity index is 2.53. The maximum atomic E-state index is 13.5. The molecule has 0 saturated carbocycles. The number of anilines is 2. The van der Waals surface area contributed by atoms with E-state index in [1.54, 1.807) is 0 Å². The third-order valence-corrected chi connectivity index (χ3v) is 5.32. The maximum absolute atomic E-state index is 13.5. The van der Waals surface area contributed by atoms with E-state index in [9.17, 15) is 27.7 Å². The molecular formula is C15H13BrFN3O5S. The van der Waals surface area contributed by atoms with Crippen LogP contribution < -0.4 is 10.0 Å². The maximum Gasteiger partial charge on any atom is 0.271 e. The van der Waals surface area contributed by atoms with E-state index in [1.807, 2.05) is 0 Å². The highest BCUT2D eigenvalue weighted by molar-refractivity contribution is 9.10. The molecule has 2 rings (SSSR count). The molecule has 0 unspecified atom stereocenters. The van der Waals surface area contributed by atoms with Gasteiger partial charge >= 0.3 is 0 Å². The summed E-state index contributed by atoms with van der Waals surface area (Å²) in [5, 5.41) is 13.2. The normalized spacial score (nSPS) is 11.1. The van der Waals surface area contributed by atoms with Crippen LogP contribution in [0.3, 0.4) is 0 Å². The number of nitrogens with one attached hydrogen (secondary N) is 2. The van der Waals surface area contributed by atoms with E-state index in [0.717, 1.165) is 31.2 Å². The highest BCUT2D eigenvalue weighted by Gasteiger charge is 2.23. The van der Waals surface area contributed by atoms with Crippen LogP contribution in [0.4, 0.5) is 21.5 Å². The van der Waals surface area contributed by atoms with Crippen LogP contribution in [-0.4, -0.2) is 19.2 Å². The molecule has 0 saturated heterocycles. The average molecular weight is 446 g/mol. The summed E-state index contributed by atoms with van der Waals surface area (Å²) in [5.74, 6) is -1.15. The number of benzene rings is 2. The first-order chi connectivity index (χ1) is 12.0. The molecule has 0 radical (unpaired) electrons. The predicted molar refractivity (Wildman–Crippen MR) is 97.0 cm³/mol. The summed E-state index contributed by atoms with van der Waals surface area (Å²) in [7, 11) is -4.21. The molecule has 2 aromatic rings. The van der Waals surface area contributed by atoms with Crippen molar-refractivity contribution in [2.45, 2.75) is 18.7 Å². The molecule has 0 aliphatic rings. The SMILES string of the molecule is CC(=O)Nc1cc([N+](=O)[O-])ccc1S(=O)(=O)Nc1cc(Br)c(F)cc1C. The number of carbonyl (C=O) groups is 1. The van der Waals surface area contributed by atoms with Crippen molar-refractivity contribution in [2.75, 3.05) is 10.0 Å². The summed E-state index contributed by atoms with van der Waals surface area (Å²) in [5.41, 5.74) is -0.172. The molecule has 11 heteroatoms. The summed E-state index contributed by atoms with van der Waals surface area (Å²) < 4.78 is 41.2. The zero-order valence-electron chi connectivity index (χ0n) is 13.5. The molecular weight excluding hydrogens is 433 g/mol. The van der Waals surface area contributed by atoms with E-state index in [0.29, 0.717) is 5.56 Å². The van der Waals surface area contributed by atoms with Gasteiger partial charge in [-0.25, -0.2) is 12.8 Å². The quantitative estimate of drug-likeness (QED) is 0.538. The van der Waals surface area contributed by atoms with Crippen molar-refractivity contribution < 1.29 is 22.5 Å². The Kier molecular flexibility index (Phi) is 5.62. The van der Waals surface area contributed by atoms with Crippen LogP contribution >= 0.6 is 15.9 Å². The lowest BCUT2D eigenvalue weighted by Crippen LogP contribution is -2.17. The van der Waals surface area contributed by atoms with Crippen LogP contribution in [0.5, 0.6) is 0 Å². The Morgan fingerprint density at radius 1 is 1.23 bits per heavy atom. The van der Waals surface area contributed by atoms with Crippen molar-refractivity contribution in [3.63, 3.8) is 0 Å². The van der Waals surface area contributed by atoms with Gasteiger partial charge in [0.05, 0.1) is 20.8 Å². The van der Waals surface area contributed by atoms with Gasteiger partial charge in [-0.1, -0.05) is 0 Å². The number of nitrogens with zero attached hydrogens (tertiary/aromatic N) is 1. The minimum Gasteiger partial charge on any atom is -0.325 e. The van der Waals surface area contributed by atoms with Crippen LogP contribution in [0.15, 0.2) is 39.7 Å². The van der Waals surface area contributed by atoms with Crippen LogP contribution in [0.25, 0.3) is 0 Å². The molecule has 0 aromatic heterocycles. The van der Waals surface area contributed by atoms with Gasteiger partial charge in [-0.15, -0.1) is 0 Å². The summed E-state index contributed by atoms with van der Waals surface area (Å²) in [6.45, 7) is 2.65. The molecule has 138 valence electrons. The average Bonchev–Trinajstić information content (AvgIpc) is 2.51. The molecule has 0 aliphatic carbocycles. The van der Waals surface area contributed by atoms with Gasteiger partial charge < -0.3 is 5.32 Å². The van der Waals surface area contributed by atoms with Gasteiger partial charge in [-0.2, -0.15) is 0 Å². The molecule has 0 bridgehead atoms. The minimum atomic E-state index is -4.21. The van der Waals surface area contributed by atoms with Crippen molar-refractivity contribution in [3.8, 4) is 0 Å². The van der Waals surface area contributed by atoms with Gasteiger partial charge in [0.25, 0.3) is 15.7 Å². The first-order valence-corrected chi connectivity index (χ1v) is 9.33. The van der Waals surface area contributed by atoms with Gasteiger partial charge in [0.2, 0.25) is 5.91 Å². The van der Waals surface area contributed by atoms with E-state index in [-0.39, 0.29) is 26.4 Å². The molecule has 0 fully saturated rings. The number of rotatable bonds is 5. The van der Waals surface area contributed by atoms with Crippen molar-refractivity contribution in [1.82, 2.24) is 0 Å².